The predicted molar refractivity (Wildman–Crippen MR) is 52.9 cm³/mol. The number of benzene rings is 1. The van der Waals surface area contributed by atoms with Gasteiger partial charge in [0.1, 0.15) is 11.6 Å². The summed E-state index contributed by atoms with van der Waals surface area (Å²) in [6, 6.07) is 3.54. The number of halogens is 2. The van der Waals surface area contributed by atoms with Crippen LogP contribution in [0.5, 0.6) is 0 Å². The topological polar surface area (TPSA) is 26.0 Å². The highest BCUT2D eigenvalue weighted by atomic mass is 19.1. The van der Waals surface area contributed by atoms with E-state index in [0.29, 0.717) is 24.4 Å². The van der Waals surface area contributed by atoms with Crippen molar-refractivity contribution in [2.45, 2.75) is 19.8 Å². The zero-order valence-corrected chi connectivity index (χ0v) is 8.26. The van der Waals surface area contributed by atoms with E-state index in [-0.39, 0.29) is 11.6 Å². The minimum Gasteiger partial charge on any atom is -0.330 e. The smallest absolute Gasteiger partial charge is 0.126 e. The van der Waals surface area contributed by atoms with Crippen molar-refractivity contribution < 1.29 is 8.78 Å². The van der Waals surface area contributed by atoms with Gasteiger partial charge in [-0.3, -0.25) is 0 Å². The third kappa shape index (κ3) is 3.07. The first-order valence-corrected chi connectivity index (χ1v) is 4.77. The molecule has 0 aromatic heterocycles. The van der Waals surface area contributed by atoms with Crippen LogP contribution in [0.25, 0.3) is 0 Å². The molecule has 1 rings (SSSR count). The zero-order valence-electron chi connectivity index (χ0n) is 8.26. The Balaban J connectivity index is 2.62. The standard InChI is InChI=1S/C11H15F2N/c1-8(7-14)2-3-9-6-10(12)4-5-11(9)13/h4-6,8H,2-3,7,14H2,1H3/t8-/m1/s1. The lowest BCUT2D eigenvalue weighted by Crippen LogP contribution is -2.11. The predicted octanol–water partition coefficient (Wildman–Crippen LogP) is 2.49. The fourth-order valence-electron chi connectivity index (χ4n) is 1.25. The Morgan fingerprint density at radius 1 is 1.36 bits per heavy atom. The van der Waals surface area contributed by atoms with Gasteiger partial charge in [0.15, 0.2) is 0 Å². The highest BCUT2D eigenvalue weighted by Crippen LogP contribution is 2.14. The van der Waals surface area contributed by atoms with Gasteiger partial charge in [-0.1, -0.05) is 6.92 Å². The van der Waals surface area contributed by atoms with E-state index in [1.165, 1.54) is 6.07 Å². The minimum atomic E-state index is -0.387. The molecule has 1 aromatic rings. The van der Waals surface area contributed by atoms with Gasteiger partial charge in [-0.25, -0.2) is 8.78 Å². The molecule has 0 saturated carbocycles. The molecule has 0 radical (unpaired) electrons. The Morgan fingerprint density at radius 2 is 2.07 bits per heavy atom. The Hall–Kier alpha value is -0.960. The molecule has 0 bridgehead atoms. The molecule has 1 aromatic carbocycles. The van der Waals surface area contributed by atoms with E-state index in [1.807, 2.05) is 6.92 Å². The summed E-state index contributed by atoms with van der Waals surface area (Å²) in [6.07, 6.45) is 1.33. The average Bonchev–Trinajstić information content (AvgIpc) is 2.19. The normalized spacial score (nSPS) is 12.9. The van der Waals surface area contributed by atoms with Gasteiger partial charge in [0.05, 0.1) is 0 Å². The molecule has 0 heterocycles. The first-order chi connectivity index (χ1) is 6.63. The number of aryl methyl sites for hydroxylation is 1. The van der Waals surface area contributed by atoms with E-state index in [1.54, 1.807) is 0 Å². The molecule has 0 aliphatic rings. The molecule has 3 heteroatoms. The highest BCUT2D eigenvalue weighted by Gasteiger charge is 2.05. The van der Waals surface area contributed by atoms with Crippen molar-refractivity contribution in [2.75, 3.05) is 6.54 Å². The fourth-order valence-corrected chi connectivity index (χ4v) is 1.25. The van der Waals surface area contributed by atoms with E-state index in [4.69, 9.17) is 5.73 Å². The molecule has 78 valence electrons. The Morgan fingerprint density at radius 3 is 2.71 bits per heavy atom. The fraction of sp³-hybridized carbons (Fsp3) is 0.455. The molecule has 1 atom stereocenters. The zero-order chi connectivity index (χ0) is 10.6. The van der Waals surface area contributed by atoms with Crippen molar-refractivity contribution in [3.63, 3.8) is 0 Å². The highest BCUT2D eigenvalue weighted by molar-refractivity contribution is 5.18. The maximum atomic E-state index is 13.1. The largest absolute Gasteiger partial charge is 0.330 e. The van der Waals surface area contributed by atoms with Gasteiger partial charge in [0, 0.05) is 0 Å². The van der Waals surface area contributed by atoms with Crippen LogP contribution in [0.2, 0.25) is 0 Å². The first-order valence-electron chi connectivity index (χ1n) is 4.77. The Bertz CT molecular complexity index is 299. The van der Waals surface area contributed by atoms with Crippen molar-refractivity contribution in [2.24, 2.45) is 11.7 Å². The summed E-state index contributed by atoms with van der Waals surface area (Å²) in [5, 5.41) is 0. The van der Waals surface area contributed by atoms with Gasteiger partial charge in [0.2, 0.25) is 0 Å². The summed E-state index contributed by atoms with van der Waals surface area (Å²) in [4.78, 5) is 0. The third-order valence-corrected chi connectivity index (χ3v) is 2.32. The summed E-state index contributed by atoms with van der Waals surface area (Å²) in [5.41, 5.74) is 5.87. The maximum absolute atomic E-state index is 13.1. The van der Waals surface area contributed by atoms with E-state index in [0.717, 1.165) is 18.6 Å². The van der Waals surface area contributed by atoms with E-state index in [9.17, 15) is 8.78 Å². The molecule has 14 heavy (non-hydrogen) atoms. The van der Waals surface area contributed by atoms with Gasteiger partial charge >= 0.3 is 0 Å². The molecule has 0 aliphatic heterocycles. The van der Waals surface area contributed by atoms with Crippen LogP contribution in [0.3, 0.4) is 0 Å². The van der Waals surface area contributed by atoms with E-state index in [2.05, 4.69) is 0 Å². The van der Waals surface area contributed by atoms with Crippen LogP contribution >= 0.6 is 0 Å². The second-order valence-corrected chi connectivity index (χ2v) is 3.62. The SMILES string of the molecule is C[C@@H](CN)CCc1cc(F)ccc1F. The molecular formula is C11H15F2N. The molecule has 1 nitrogen and oxygen atoms in total. The third-order valence-electron chi connectivity index (χ3n) is 2.32. The van der Waals surface area contributed by atoms with Crippen LogP contribution < -0.4 is 5.73 Å². The maximum Gasteiger partial charge on any atom is 0.126 e. The second-order valence-electron chi connectivity index (χ2n) is 3.62. The molecule has 0 aliphatic carbocycles. The molecule has 0 amide bonds. The first kappa shape index (κ1) is 11.1. The van der Waals surface area contributed by atoms with Gasteiger partial charge in [-0.05, 0) is 49.1 Å². The lowest BCUT2D eigenvalue weighted by Gasteiger charge is -2.08. The average molecular weight is 199 g/mol. The van der Waals surface area contributed by atoms with Gasteiger partial charge in [-0.15, -0.1) is 0 Å². The van der Waals surface area contributed by atoms with Gasteiger partial charge in [0.25, 0.3) is 0 Å². The van der Waals surface area contributed by atoms with Crippen LogP contribution in [0.4, 0.5) is 8.78 Å². The molecule has 0 fully saturated rings. The number of rotatable bonds is 4. The number of hydrogen-bond acceptors (Lipinski definition) is 1. The van der Waals surface area contributed by atoms with Crippen molar-refractivity contribution in [3.05, 3.63) is 35.4 Å². The number of nitrogens with two attached hydrogens (primary N) is 1. The van der Waals surface area contributed by atoms with Crippen molar-refractivity contribution >= 4 is 0 Å². The molecule has 2 N–H and O–H groups in total. The summed E-state index contributed by atoms with van der Waals surface area (Å²) in [5.74, 6) is -0.380. The van der Waals surface area contributed by atoms with Crippen molar-refractivity contribution in [3.8, 4) is 0 Å². The summed E-state index contributed by atoms with van der Waals surface area (Å²) >= 11 is 0. The van der Waals surface area contributed by atoms with Crippen LogP contribution in [0.15, 0.2) is 18.2 Å². The van der Waals surface area contributed by atoms with Crippen molar-refractivity contribution in [1.29, 1.82) is 0 Å². The van der Waals surface area contributed by atoms with Crippen LogP contribution in [-0.4, -0.2) is 6.54 Å². The minimum absolute atomic E-state index is 0.337. The molecule has 0 unspecified atom stereocenters. The van der Waals surface area contributed by atoms with Gasteiger partial charge in [-0.2, -0.15) is 0 Å². The summed E-state index contributed by atoms with van der Waals surface area (Å²) in [6.45, 7) is 2.58. The second kappa shape index (κ2) is 5.05. The Kier molecular flexibility index (Phi) is 4.01. The molecule has 0 saturated heterocycles. The van der Waals surface area contributed by atoms with Gasteiger partial charge < -0.3 is 5.73 Å². The van der Waals surface area contributed by atoms with E-state index >= 15 is 0 Å². The number of hydrogen-bond donors (Lipinski definition) is 1. The quantitative estimate of drug-likeness (QED) is 0.792. The monoisotopic (exact) mass is 199 g/mol. The van der Waals surface area contributed by atoms with Crippen LogP contribution in [-0.2, 0) is 6.42 Å². The summed E-state index contributed by atoms with van der Waals surface area (Å²) < 4.78 is 25.9. The van der Waals surface area contributed by atoms with Crippen LogP contribution in [0, 0.1) is 17.6 Å². The van der Waals surface area contributed by atoms with E-state index < -0.39 is 0 Å². The Labute approximate surface area is 82.9 Å². The lowest BCUT2D eigenvalue weighted by atomic mass is 10.0. The van der Waals surface area contributed by atoms with Crippen molar-refractivity contribution in [1.82, 2.24) is 0 Å². The van der Waals surface area contributed by atoms with Crippen LogP contribution in [0.1, 0.15) is 18.9 Å². The molecular weight excluding hydrogens is 184 g/mol. The lowest BCUT2D eigenvalue weighted by molar-refractivity contribution is 0.524. The molecule has 0 spiro atoms. The summed E-state index contributed by atoms with van der Waals surface area (Å²) in [7, 11) is 0.